The highest BCUT2D eigenvalue weighted by Crippen LogP contribution is 2.24. The molecule has 0 aliphatic carbocycles. The number of piperidine rings is 1. The fraction of sp³-hybridized carbons (Fsp3) is 0.409. The molecule has 3 aromatic rings. The summed E-state index contributed by atoms with van der Waals surface area (Å²) in [6.07, 6.45) is 5.86. The van der Waals surface area contributed by atoms with E-state index in [1.54, 1.807) is 18.2 Å². The number of aromatic nitrogens is 4. The minimum absolute atomic E-state index is 0.0326. The lowest BCUT2D eigenvalue weighted by Crippen LogP contribution is -2.39. The number of amides is 1. The maximum absolute atomic E-state index is 13.1. The van der Waals surface area contributed by atoms with E-state index in [-0.39, 0.29) is 11.7 Å². The minimum atomic E-state index is -0.292. The first-order valence-corrected chi connectivity index (χ1v) is 10.1. The number of aromatic amines is 1. The van der Waals surface area contributed by atoms with Gasteiger partial charge in [-0.15, -0.1) is 0 Å². The Balaban J connectivity index is 1.36. The number of nitrogens with one attached hydrogen (secondary N) is 1. The zero-order valence-electron chi connectivity index (χ0n) is 16.8. The summed E-state index contributed by atoms with van der Waals surface area (Å²) >= 11 is 0. The number of H-pyrrole nitrogens is 1. The number of hydrogen-bond acceptors (Lipinski definition) is 3. The summed E-state index contributed by atoms with van der Waals surface area (Å²) in [7, 11) is 0. The third-order valence-corrected chi connectivity index (χ3v) is 5.57. The van der Waals surface area contributed by atoms with Crippen LogP contribution in [0.15, 0.2) is 42.7 Å². The fourth-order valence-electron chi connectivity index (χ4n) is 3.94. The first-order chi connectivity index (χ1) is 14.0. The Morgan fingerprint density at radius 2 is 1.97 bits per heavy atom. The van der Waals surface area contributed by atoms with E-state index in [4.69, 9.17) is 0 Å². The van der Waals surface area contributed by atoms with Crippen LogP contribution in [0.5, 0.6) is 0 Å². The van der Waals surface area contributed by atoms with E-state index in [0.29, 0.717) is 23.2 Å². The Kier molecular flexibility index (Phi) is 5.47. The average molecular weight is 395 g/mol. The largest absolute Gasteiger partial charge is 0.337 e. The van der Waals surface area contributed by atoms with E-state index >= 15 is 0 Å². The molecule has 29 heavy (non-hydrogen) atoms. The molecule has 1 saturated heterocycles. The quantitative estimate of drug-likeness (QED) is 0.708. The van der Waals surface area contributed by atoms with Gasteiger partial charge in [-0.2, -0.15) is 5.10 Å². The summed E-state index contributed by atoms with van der Waals surface area (Å²) in [4.78, 5) is 19.2. The molecule has 7 heteroatoms. The van der Waals surface area contributed by atoms with Crippen molar-refractivity contribution in [1.82, 2.24) is 24.6 Å². The monoisotopic (exact) mass is 395 g/mol. The van der Waals surface area contributed by atoms with Gasteiger partial charge in [0, 0.05) is 43.5 Å². The third-order valence-electron chi connectivity index (χ3n) is 5.57. The summed E-state index contributed by atoms with van der Waals surface area (Å²) in [5.74, 6) is 1.74. The van der Waals surface area contributed by atoms with Crippen molar-refractivity contribution >= 4 is 5.91 Å². The molecule has 2 aromatic heterocycles. The van der Waals surface area contributed by atoms with Crippen molar-refractivity contribution in [2.45, 2.75) is 39.2 Å². The van der Waals surface area contributed by atoms with Gasteiger partial charge in [0.15, 0.2) is 0 Å². The van der Waals surface area contributed by atoms with Crippen molar-refractivity contribution in [3.63, 3.8) is 0 Å². The van der Waals surface area contributed by atoms with Crippen molar-refractivity contribution < 1.29 is 9.18 Å². The molecule has 0 spiro atoms. The Labute approximate surface area is 169 Å². The van der Waals surface area contributed by atoms with E-state index in [0.717, 1.165) is 43.9 Å². The minimum Gasteiger partial charge on any atom is -0.337 e. The van der Waals surface area contributed by atoms with Gasteiger partial charge in [-0.3, -0.25) is 9.89 Å². The molecule has 1 amide bonds. The molecule has 0 bridgehead atoms. The van der Waals surface area contributed by atoms with E-state index in [2.05, 4.69) is 39.8 Å². The molecule has 1 aliphatic rings. The first kappa shape index (κ1) is 19.4. The number of rotatable bonds is 5. The van der Waals surface area contributed by atoms with E-state index in [1.807, 2.05) is 11.1 Å². The molecule has 1 fully saturated rings. The van der Waals surface area contributed by atoms with Gasteiger partial charge in [0.05, 0.1) is 5.69 Å². The first-order valence-electron chi connectivity index (χ1n) is 10.1. The maximum Gasteiger partial charge on any atom is 0.271 e. The predicted molar refractivity (Wildman–Crippen MR) is 109 cm³/mol. The second-order valence-corrected chi connectivity index (χ2v) is 8.00. The standard InChI is InChI=1S/C22H26FN5O/c1-15(2)21-24-9-12-28(21)14-16-7-10-27(11-8-16)22(29)20-13-19(25-26-20)17-3-5-18(23)6-4-17/h3-6,9,12-13,15-16H,7-8,10-11,14H2,1-2H3,(H,25,26). The van der Waals surface area contributed by atoms with Gasteiger partial charge in [0.1, 0.15) is 17.3 Å². The lowest BCUT2D eigenvalue weighted by molar-refractivity contribution is 0.0676. The molecule has 0 saturated carbocycles. The SMILES string of the molecule is CC(C)c1nccn1CC1CCN(C(=O)c2cc(-c3ccc(F)cc3)n[nH]2)CC1. The summed E-state index contributed by atoms with van der Waals surface area (Å²) < 4.78 is 15.3. The van der Waals surface area contributed by atoms with Gasteiger partial charge in [-0.05, 0) is 49.1 Å². The van der Waals surface area contributed by atoms with Crippen LogP contribution in [-0.2, 0) is 6.54 Å². The van der Waals surface area contributed by atoms with Gasteiger partial charge in [0.25, 0.3) is 5.91 Å². The molecule has 1 N–H and O–H groups in total. The molecule has 6 nitrogen and oxygen atoms in total. The van der Waals surface area contributed by atoms with Crippen molar-refractivity contribution in [3.8, 4) is 11.3 Å². The molecule has 4 rings (SSSR count). The molecular formula is C22H26FN5O. The number of nitrogens with zero attached hydrogens (tertiary/aromatic N) is 4. The smallest absolute Gasteiger partial charge is 0.271 e. The van der Waals surface area contributed by atoms with Crippen LogP contribution in [0, 0.1) is 11.7 Å². The molecule has 0 radical (unpaired) electrons. The second kappa shape index (κ2) is 8.19. The van der Waals surface area contributed by atoms with Crippen molar-refractivity contribution in [1.29, 1.82) is 0 Å². The molecule has 0 atom stereocenters. The van der Waals surface area contributed by atoms with Gasteiger partial charge >= 0.3 is 0 Å². The van der Waals surface area contributed by atoms with Gasteiger partial charge in [-0.1, -0.05) is 13.8 Å². The number of carbonyl (C=O) groups is 1. The van der Waals surface area contributed by atoms with Gasteiger partial charge < -0.3 is 9.47 Å². The molecular weight excluding hydrogens is 369 g/mol. The fourth-order valence-corrected chi connectivity index (χ4v) is 3.94. The summed E-state index contributed by atoms with van der Waals surface area (Å²) in [6.45, 7) is 6.74. The van der Waals surface area contributed by atoms with E-state index in [1.165, 1.54) is 12.1 Å². The second-order valence-electron chi connectivity index (χ2n) is 8.00. The number of hydrogen-bond donors (Lipinski definition) is 1. The molecule has 1 aromatic carbocycles. The van der Waals surface area contributed by atoms with Crippen LogP contribution >= 0.6 is 0 Å². The molecule has 152 valence electrons. The Morgan fingerprint density at radius 3 is 2.66 bits per heavy atom. The van der Waals surface area contributed by atoms with Crippen molar-refractivity contribution in [2.75, 3.05) is 13.1 Å². The lowest BCUT2D eigenvalue weighted by Gasteiger charge is -2.32. The molecule has 3 heterocycles. The highest BCUT2D eigenvalue weighted by atomic mass is 19.1. The number of halogens is 1. The third kappa shape index (κ3) is 4.23. The van der Waals surface area contributed by atoms with Gasteiger partial charge in [-0.25, -0.2) is 9.37 Å². The summed E-state index contributed by atoms with van der Waals surface area (Å²) in [5.41, 5.74) is 1.89. The normalized spacial score (nSPS) is 15.2. The highest BCUT2D eigenvalue weighted by molar-refractivity contribution is 5.93. The van der Waals surface area contributed by atoms with Crippen LogP contribution in [0.3, 0.4) is 0 Å². The Morgan fingerprint density at radius 1 is 1.24 bits per heavy atom. The topological polar surface area (TPSA) is 66.8 Å². The lowest BCUT2D eigenvalue weighted by atomic mass is 9.96. The maximum atomic E-state index is 13.1. The number of imidazole rings is 1. The van der Waals surface area contributed by atoms with E-state index in [9.17, 15) is 9.18 Å². The van der Waals surface area contributed by atoms with Crippen LogP contribution in [-0.4, -0.2) is 43.6 Å². The van der Waals surface area contributed by atoms with E-state index < -0.39 is 0 Å². The highest BCUT2D eigenvalue weighted by Gasteiger charge is 2.25. The number of benzene rings is 1. The van der Waals surface area contributed by atoms with Crippen molar-refractivity contribution in [3.05, 3.63) is 60.1 Å². The van der Waals surface area contributed by atoms with Crippen molar-refractivity contribution in [2.24, 2.45) is 5.92 Å². The zero-order valence-corrected chi connectivity index (χ0v) is 16.8. The summed E-state index contributed by atoms with van der Waals surface area (Å²) in [5, 5.41) is 7.05. The number of carbonyl (C=O) groups excluding carboxylic acids is 1. The average Bonchev–Trinajstić information content (AvgIpc) is 3.38. The predicted octanol–water partition coefficient (Wildman–Crippen LogP) is 4.09. The number of likely N-dealkylation sites (tertiary alicyclic amines) is 1. The molecule has 0 unspecified atom stereocenters. The van der Waals surface area contributed by atoms with Gasteiger partial charge in [0.2, 0.25) is 0 Å². The zero-order chi connectivity index (χ0) is 20.4. The van der Waals surface area contributed by atoms with Crippen LogP contribution in [0.2, 0.25) is 0 Å². The van der Waals surface area contributed by atoms with Crippen LogP contribution in [0.25, 0.3) is 11.3 Å². The molecule has 1 aliphatic heterocycles. The summed E-state index contributed by atoms with van der Waals surface area (Å²) in [6, 6.07) is 7.84. The van der Waals surface area contributed by atoms with Crippen LogP contribution in [0.4, 0.5) is 4.39 Å². The van der Waals surface area contributed by atoms with Crippen LogP contribution in [0.1, 0.15) is 48.9 Å². The Bertz CT molecular complexity index is 967. The van der Waals surface area contributed by atoms with Crippen LogP contribution < -0.4 is 0 Å². The Hall–Kier alpha value is -2.96.